The van der Waals surface area contributed by atoms with Gasteiger partial charge in [-0.1, -0.05) is 0 Å². The van der Waals surface area contributed by atoms with E-state index in [4.69, 9.17) is 10.00 Å². The second-order valence-corrected chi connectivity index (χ2v) is 7.99. The molecule has 1 saturated carbocycles. The molecule has 1 amide bonds. The van der Waals surface area contributed by atoms with E-state index >= 15 is 0 Å². The summed E-state index contributed by atoms with van der Waals surface area (Å²) < 4.78 is 7.41. The number of thioether (sulfide) groups is 1. The number of anilines is 1. The second kappa shape index (κ2) is 8.11. The van der Waals surface area contributed by atoms with Crippen LogP contribution in [0.25, 0.3) is 0 Å². The zero-order valence-electron chi connectivity index (χ0n) is 16.5. The quantitative estimate of drug-likeness (QED) is 0.443. The molecule has 1 N–H and O–H groups in total. The van der Waals surface area contributed by atoms with Crippen molar-refractivity contribution in [1.82, 2.24) is 4.57 Å². The molecule has 1 aliphatic rings. The van der Waals surface area contributed by atoms with Crippen LogP contribution in [0, 0.1) is 38.4 Å². The first-order valence-corrected chi connectivity index (χ1v) is 9.96. The van der Waals surface area contributed by atoms with E-state index in [1.165, 1.54) is 0 Å². The SMILES string of the molecule is Cc1cc(SC#N)cc(C)c1NC(=O)COC(=O)c1cc(C)n(C2CC2)c1C. The first-order valence-electron chi connectivity index (χ1n) is 9.14. The highest BCUT2D eigenvalue weighted by atomic mass is 32.2. The van der Waals surface area contributed by atoms with Crippen LogP contribution in [0.5, 0.6) is 0 Å². The molecule has 0 aliphatic heterocycles. The summed E-state index contributed by atoms with van der Waals surface area (Å²) in [6.45, 7) is 7.27. The van der Waals surface area contributed by atoms with Crippen molar-refractivity contribution in [2.45, 2.75) is 51.5 Å². The lowest BCUT2D eigenvalue weighted by Gasteiger charge is -2.13. The molecule has 1 aliphatic carbocycles. The molecule has 2 aromatic rings. The summed E-state index contributed by atoms with van der Waals surface area (Å²) in [5.74, 6) is -0.874. The van der Waals surface area contributed by atoms with Gasteiger partial charge in [0.1, 0.15) is 5.40 Å². The Morgan fingerprint density at radius 2 is 1.86 bits per heavy atom. The second-order valence-electron chi connectivity index (χ2n) is 7.14. The first-order chi connectivity index (χ1) is 13.3. The highest BCUT2D eigenvalue weighted by Crippen LogP contribution is 2.38. The monoisotopic (exact) mass is 397 g/mol. The summed E-state index contributed by atoms with van der Waals surface area (Å²) in [5, 5.41) is 13.6. The Kier molecular flexibility index (Phi) is 5.80. The molecule has 1 fully saturated rings. The predicted molar refractivity (Wildman–Crippen MR) is 108 cm³/mol. The zero-order chi connectivity index (χ0) is 20.4. The third-order valence-electron chi connectivity index (χ3n) is 4.88. The molecule has 28 heavy (non-hydrogen) atoms. The van der Waals surface area contributed by atoms with Crippen molar-refractivity contribution >= 4 is 29.3 Å². The summed E-state index contributed by atoms with van der Waals surface area (Å²) in [5.41, 5.74) is 4.83. The van der Waals surface area contributed by atoms with Crippen molar-refractivity contribution < 1.29 is 14.3 Å². The molecule has 3 rings (SSSR count). The number of nitrogens with zero attached hydrogens (tertiary/aromatic N) is 2. The van der Waals surface area contributed by atoms with Crippen molar-refractivity contribution in [3.63, 3.8) is 0 Å². The van der Waals surface area contributed by atoms with Gasteiger partial charge in [0.15, 0.2) is 6.61 Å². The number of carbonyl (C=O) groups excluding carboxylic acids is 2. The Bertz CT molecular complexity index is 961. The van der Waals surface area contributed by atoms with Crippen LogP contribution < -0.4 is 5.32 Å². The van der Waals surface area contributed by atoms with Crippen LogP contribution in [-0.2, 0) is 9.53 Å². The average molecular weight is 398 g/mol. The van der Waals surface area contributed by atoms with Crippen LogP contribution in [0.2, 0.25) is 0 Å². The van der Waals surface area contributed by atoms with E-state index in [9.17, 15) is 9.59 Å². The molecular formula is C21H23N3O3S. The molecule has 6 nitrogen and oxygen atoms in total. The van der Waals surface area contributed by atoms with E-state index in [0.717, 1.165) is 52.0 Å². The topological polar surface area (TPSA) is 84.1 Å². The van der Waals surface area contributed by atoms with Crippen molar-refractivity contribution in [2.75, 3.05) is 11.9 Å². The molecule has 0 saturated heterocycles. The summed E-state index contributed by atoms with van der Waals surface area (Å²) in [6.07, 6.45) is 2.27. The standard InChI is InChI=1S/C21H23N3O3S/c1-12-7-17(28-11-22)8-13(2)20(12)23-19(25)10-27-21(26)18-9-14(3)24(15(18)4)16-5-6-16/h7-9,16H,5-6,10H2,1-4H3,(H,23,25). The molecule has 146 valence electrons. The number of aryl methyl sites for hydroxylation is 3. The van der Waals surface area contributed by atoms with Crippen LogP contribution in [0.1, 0.15) is 51.8 Å². The highest BCUT2D eigenvalue weighted by Gasteiger charge is 2.28. The summed E-state index contributed by atoms with van der Waals surface area (Å²) in [4.78, 5) is 25.5. The van der Waals surface area contributed by atoms with E-state index < -0.39 is 11.9 Å². The van der Waals surface area contributed by atoms with Crippen LogP contribution in [0.3, 0.4) is 0 Å². The lowest BCUT2D eigenvalue weighted by molar-refractivity contribution is -0.119. The number of thiocyanates is 1. The minimum Gasteiger partial charge on any atom is -0.452 e. The Morgan fingerprint density at radius 1 is 1.21 bits per heavy atom. The number of ether oxygens (including phenoxy) is 1. The highest BCUT2D eigenvalue weighted by molar-refractivity contribution is 8.03. The van der Waals surface area contributed by atoms with Gasteiger partial charge in [0, 0.05) is 28.0 Å². The van der Waals surface area contributed by atoms with Gasteiger partial charge in [-0.05, 0) is 81.6 Å². The van der Waals surface area contributed by atoms with Gasteiger partial charge in [-0.15, -0.1) is 0 Å². The van der Waals surface area contributed by atoms with Gasteiger partial charge in [0.2, 0.25) is 0 Å². The molecular weight excluding hydrogens is 374 g/mol. The van der Waals surface area contributed by atoms with Gasteiger partial charge in [0.05, 0.1) is 5.56 Å². The molecule has 0 unspecified atom stereocenters. The number of hydrogen-bond acceptors (Lipinski definition) is 5. The lowest BCUT2D eigenvalue weighted by atomic mass is 10.1. The number of benzene rings is 1. The Labute approximate surface area is 168 Å². The molecule has 0 spiro atoms. The number of esters is 1. The number of hydrogen-bond donors (Lipinski definition) is 1. The van der Waals surface area contributed by atoms with E-state index in [1.807, 2.05) is 51.3 Å². The van der Waals surface area contributed by atoms with Gasteiger partial charge in [0.25, 0.3) is 5.91 Å². The molecule has 0 radical (unpaired) electrons. The van der Waals surface area contributed by atoms with Gasteiger partial charge >= 0.3 is 5.97 Å². The fourth-order valence-corrected chi connectivity index (χ4v) is 4.07. The third kappa shape index (κ3) is 4.23. The smallest absolute Gasteiger partial charge is 0.340 e. The number of carbonyl (C=O) groups is 2. The van der Waals surface area contributed by atoms with Gasteiger partial charge in [-0.2, -0.15) is 5.26 Å². The fourth-order valence-electron chi connectivity index (χ4n) is 3.50. The number of nitrogens with one attached hydrogen (secondary N) is 1. The molecule has 0 bridgehead atoms. The van der Waals surface area contributed by atoms with E-state index in [-0.39, 0.29) is 6.61 Å². The predicted octanol–water partition coefficient (Wildman–Crippen LogP) is 4.43. The molecule has 1 heterocycles. The minimum absolute atomic E-state index is 0.348. The van der Waals surface area contributed by atoms with E-state index in [0.29, 0.717) is 17.3 Å². The molecule has 1 aromatic carbocycles. The summed E-state index contributed by atoms with van der Waals surface area (Å²) in [6, 6.07) is 6.00. The number of nitriles is 1. The zero-order valence-corrected chi connectivity index (χ0v) is 17.3. The number of amides is 1. The minimum atomic E-state index is -0.482. The lowest BCUT2D eigenvalue weighted by Crippen LogP contribution is -2.22. The maximum absolute atomic E-state index is 12.4. The molecule has 1 aromatic heterocycles. The maximum atomic E-state index is 12.4. The fraction of sp³-hybridized carbons (Fsp3) is 0.381. The molecule has 0 atom stereocenters. The van der Waals surface area contributed by atoms with Gasteiger partial charge < -0.3 is 14.6 Å². The normalized spacial score (nSPS) is 13.1. The largest absolute Gasteiger partial charge is 0.452 e. The van der Waals surface area contributed by atoms with Crippen molar-refractivity contribution in [2.24, 2.45) is 0 Å². The number of aromatic nitrogens is 1. The van der Waals surface area contributed by atoms with Gasteiger partial charge in [-0.25, -0.2) is 4.79 Å². The van der Waals surface area contributed by atoms with E-state index in [2.05, 4.69) is 9.88 Å². The Balaban J connectivity index is 1.63. The van der Waals surface area contributed by atoms with Crippen molar-refractivity contribution in [3.05, 3.63) is 46.3 Å². The summed E-state index contributed by atoms with van der Waals surface area (Å²) >= 11 is 1.08. The summed E-state index contributed by atoms with van der Waals surface area (Å²) in [7, 11) is 0. The first kappa shape index (κ1) is 20.0. The average Bonchev–Trinajstić information content (AvgIpc) is 3.41. The van der Waals surface area contributed by atoms with Crippen LogP contribution in [0.15, 0.2) is 23.1 Å². The Morgan fingerprint density at radius 3 is 2.43 bits per heavy atom. The van der Waals surface area contributed by atoms with E-state index in [1.54, 1.807) is 0 Å². The Hall–Kier alpha value is -2.72. The maximum Gasteiger partial charge on any atom is 0.340 e. The van der Waals surface area contributed by atoms with Crippen LogP contribution in [-0.4, -0.2) is 23.1 Å². The van der Waals surface area contributed by atoms with Gasteiger partial charge in [-0.3, -0.25) is 4.79 Å². The third-order valence-corrected chi connectivity index (χ3v) is 5.45. The number of rotatable bonds is 6. The van der Waals surface area contributed by atoms with Crippen LogP contribution >= 0.6 is 11.8 Å². The van der Waals surface area contributed by atoms with Crippen molar-refractivity contribution in [3.8, 4) is 5.40 Å². The van der Waals surface area contributed by atoms with Crippen molar-refractivity contribution in [1.29, 1.82) is 5.26 Å². The van der Waals surface area contributed by atoms with Crippen LogP contribution in [0.4, 0.5) is 5.69 Å². The molecule has 7 heteroatoms.